The second-order valence-electron chi connectivity index (χ2n) is 3.45. The highest BCUT2D eigenvalue weighted by Gasteiger charge is 2.02. The largest absolute Gasteiger partial charge is 0.325 e. The summed E-state index contributed by atoms with van der Waals surface area (Å²) in [7, 11) is 1.96. The van der Waals surface area contributed by atoms with E-state index in [0.717, 1.165) is 16.1 Å². The molecule has 2 rings (SSSR count). The van der Waals surface area contributed by atoms with Crippen LogP contribution in [0.3, 0.4) is 0 Å². The third-order valence-corrected chi connectivity index (χ3v) is 2.76. The summed E-state index contributed by atoms with van der Waals surface area (Å²) < 4.78 is 3.00. The van der Waals surface area contributed by atoms with E-state index in [0.29, 0.717) is 0 Å². The van der Waals surface area contributed by atoms with Crippen molar-refractivity contribution in [1.29, 1.82) is 0 Å². The molecule has 1 aromatic heterocycles. The van der Waals surface area contributed by atoms with Gasteiger partial charge in [-0.2, -0.15) is 0 Å². The molecular formula is C11H12BrN3. The lowest BCUT2D eigenvalue weighted by Crippen LogP contribution is -1.99. The van der Waals surface area contributed by atoms with Crippen LogP contribution < -0.4 is 5.32 Å². The average molecular weight is 266 g/mol. The zero-order valence-electron chi connectivity index (χ0n) is 8.66. The van der Waals surface area contributed by atoms with E-state index < -0.39 is 0 Å². The molecule has 0 aliphatic carbocycles. The van der Waals surface area contributed by atoms with E-state index in [9.17, 15) is 0 Å². The molecule has 15 heavy (non-hydrogen) atoms. The van der Waals surface area contributed by atoms with Crippen LogP contribution in [0.1, 0.15) is 5.56 Å². The molecule has 0 bridgehead atoms. The molecule has 0 aliphatic heterocycles. The van der Waals surface area contributed by atoms with Crippen LogP contribution in [-0.2, 0) is 7.05 Å². The Kier molecular flexibility index (Phi) is 2.77. The van der Waals surface area contributed by atoms with E-state index >= 15 is 0 Å². The van der Waals surface area contributed by atoms with Gasteiger partial charge in [-0.05, 0) is 24.6 Å². The number of nitrogens with one attached hydrogen (secondary N) is 1. The Hall–Kier alpha value is -1.29. The number of hydrogen-bond acceptors (Lipinski definition) is 2. The Labute approximate surface area is 97.3 Å². The van der Waals surface area contributed by atoms with Crippen LogP contribution in [0, 0.1) is 6.92 Å². The molecule has 4 heteroatoms. The Morgan fingerprint density at radius 1 is 1.40 bits per heavy atom. The number of rotatable bonds is 2. The Bertz CT molecular complexity index is 476. The predicted octanol–water partition coefficient (Wildman–Crippen LogP) is 3.23. The summed E-state index contributed by atoms with van der Waals surface area (Å²) in [5, 5.41) is 3.28. The van der Waals surface area contributed by atoms with Crippen molar-refractivity contribution < 1.29 is 0 Å². The summed E-state index contributed by atoms with van der Waals surface area (Å²) >= 11 is 3.45. The SMILES string of the molecule is Cc1ccc(Br)cc1Nc1nccn1C. The van der Waals surface area contributed by atoms with Crippen molar-refractivity contribution in [3.05, 3.63) is 40.6 Å². The van der Waals surface area contributed by atoms with Crippen LogP contribution in [0.5, 0.6) is 0 Å². The van der Waals surface area contributed by atoms with Gasteiger partial charge < -0.3 is 9.88 Å². The molecule has 0 unspecified atom stereocenters. The van der Waals surface area contributed by atoms with Gasteiger partial charge in [0.2, 0.25) is 5.95 Å². The number of imidazole rings is 1. The first-order valence-corrected chi connectivity index (χ1v) is 5.46. The van der Waals surface area contributed by atoms with Gasteiger partial charge in [-0.25, -0.2) is 4.98 Å². The minimum absolute atomic E-state index is 0.844. The highest BCUT2D eigenvalue weighted by molar-refractivity contribution is 9.10. The first-order chi connectivity index (χ1) is 7.16. The minimum atomic E-state index is 0.844. The molecule has 0 radical (unpaired) electrons. The smallest absolute Gasteiger partial charge is 0.207 e. The molecule has 1 heterocycles. The minimum Gasteiger partial charge on any atom is -0.325 e. The van der Waals surface area contributed by atoms with Gasteiger partial charge in [-0.3, -0.25) is 0 Å². The second kappa shape index (κ2) is 4.06. The molecule has 0 aliphatic rings. The number of aromatic nitrogens is 2. The van der Waals surface area contributed by atoms with Crippen LogP contribution >= 0.6 is 15.9 Å². The summed E-state index contributed by atoms with van der Waals surface area (Å²) in [5.41, 5.74) is 2.26. The number of benzene rings is 1. The van der Waals surface area contributed by atoms with E-state index in [1.54, 1.807) is 6.20 Å². The maximum absolute atomic E-state index is 4.22. The summed E-state index contributed by atoms with van der Waals surface area (Å²) in [5.74, 6) is 0.844. The van der Waals surface area contributed by atoms with Crippen molar-refractivity contribution in [2.45, 2.75) is 6.92 Å². The second-order valence-corrected chi connectivity index (χ2v) is 4.36. The monoisotopic (exact) mass is 265 g/mol. The van der Waals surface area contributed by atoms with Gasteiger partial charge in [-0.1, -0.05) is 22.0 Å². The van der Waals surface area contributed by atoms with Gasteiger partial charge in [0.25, 0.3) is 0 Å². The molecule has 0 fully saturated rings. The summed E-state index contributed by atoms with van der Waals surface area (Å²) in [4.78, 5) is 4.22. The van der Waals surface area contributed by atoms with Crippen LogP contribution in [-0.4, -0.2) is 9.55 Å². The van der Waals surface area contributed by atoms with Crippen molar-refractivity contribution in [3.63, 3.8) is 0 Å². The van der Waals surface area contributed by atoms with Gasteiger partial charge >= 0.3 is 0 Å². The van der Waals surface area contributed by atoms with Crippen molar-refractivity contribution >= 4 is 27.6 Å². The maximum atomic E-state index is 4.22. The van der Waals surface area contributed by atoms with Gasteiger partial charge in [0.15, 0.2) is 0 Å². The first kappa shape index (κ1) is 10.2. The third-order valence-electron chi connectivity index (χ3n) is 2.27. The van der Waals surface area contributed by atoms with E-state index in [2.05, 4.69) is 39.2 Å². The molecule has 78 valence electrons. The zero-order chi connectivity index (χ0) is 10.8. The van der Waals surface area contributed by atoms with Crippen molar-refractivity contribution in [2.75, 3.05) is 5.32 Å². The number of hydrogen-bond donors (Lipinski definition) is 1. The van der Waals surface area contributed by atoms with E-state index in [1.807, 2.05) is 29.9 Å². The molecular weight excluding hydrogens is 254 g/mol. The molecule has 0 spiro atoms. The predicted molar refractivity (Wildman–Crippen MR) is 65.4 cm³/mol. The Balaban J connectivity index is 2.32. The van der Waals surface area contributed by atoms with E-state index in [-0.39, 0.29) is 0 Å². The number of nitrogens with zero attached hydrogens (tertiary/aromatic N) is 2. The lowest BCUT2D eigenvalue weighted by atomic mass is 10.2. The molecule has 0 amide bonds. The van der Waals surface area contributed by atoms with Crippen LogP contribution in [0.15, 0.2) is 35.1 Å². The van der Waals surface area contributed by atoms with Crippen LogP contribution in [0.25, 0.3) is 0 Å². The molecule has 0 saturated heterocycles. The molecule has 1 aromatic carbocycles. The Morgan fingerprint density at radius 3 is 2.87 bits per heavy atom. The number of halogens is 1. The topological polar surface area (TPSA) is 29.9 Å². The van der Waals surface area contributed by atoms with Crippen molar-refractivity contribution in [2.24, 2.45) is 7.05 Å². The zero-order valence-corrected chi connectivity index (χ0v) is 10.2. The summed E-state index contributed by atoms with van der Waals surface area (Å²) in [6, 6.07) is 6.14. The van der Waals surface area contributed by atoms with Crippen LogP contribution in [0.4, 0.5) is 11.6 Å². The molecule has 0 atom stereocenters. The molecule has 0 saturated carbocycles. The van der Waals surface area contributed by atoms with Crippen molar-refractivity contribution in [1.82, 2.24) is 9.55 Å². The lowest BCUT2D eigenvalue weighted by Gasteiger charge is -2.09. The highest BCUT2D eigenvalue weighted by atomic mass is 79.9. The number of aryl methyl sites for hydroxylation is 2. The third kappa shape index (κ3) is 2.21. The molecule has 3 nitrogen and oxygen atoms in total. The van der Waals surface area contributed by atoms with Crippen molar-refractivity contribution in [3.8, 4) is 0 Å². The highest BCUT2D eigenvalue weighted by Crippen LogP contribution is 2.23. The summed E-state index contributed by atoms with van der Waals surface area (Å²) in [6.07, 6.45) is 3.69. The maximum Gasteiger partial charge on any atom is 0.207 e. The fourth-order valence-corrected chi connectivity index (χ4v) is 1.70. The fraction of sp³-hybridized carbons (Fsp3) is 0.182. The van der Waals surface area contributed by atoms with E-state index in [4.69, 9.17) is 0 Å². The summed E-state index contributed by atoms with van der Waals surface area (Å²) in [6.45, 7) is 2.07. The first-order valence-electron chi connectivity index (χ1n) is 4.67. The standard InChI is InChI=1S/C11H12BrN3/c1-8-3-4-9(12)7-10(8)14-11-13-5-6-15(11)2/h3-7H,1-2H3,(H,13,14). The van der Waals surface area contributed by atoms with Gasteiger partial charge in [-0.15, -0.1) is 0 Å². The molecule has 1 N–H and O–H groups in total. The number of anilines is 2. The van der Waals surface area contributed by atoms with Gasteiger partial charge in [0, 0.05) is 29.6 Å². The van der Waals surface area contributed by atoms with Crippen LogP contribution in [0.2, 0.25) is 0 Å². The quantitative estimate of drug-likeness (QED) is 0.904. The Morgan fingerprint density at radius 2 is 2.20 bits per heavy atom. The van der Waals surface area contributed by atoms with Gasteiger partial charge in [0.05, 0.1) is 0 Å². The van der Waals surface area contributed by atoms with Gasteiger partial charge in [0.1, 0.15) is 0 Å². The lowest BCUT2D eigenvalue weighted by molar-refractivity contribution is 0.924. The fourth-order valence-electron chi connectivity index (χ4n) is 1.34. The molecule has 2 aromatic rings. The van der Waals surface area contributed by atoms with E-state index in [1.165, 1.54) is 5.56 Å². The normalized spacial score (nSPS) is 10.3. The average Bonchev–Trinajstić information content (AvgIpc) is 2.58.